The van der Waals surface area contributed by atoms with E-state index in [9.17, 15) is 9.18 Å². The van der Waals surface area contributed by atoms with Crippen LogP contribution in [-0.4, -0.2) is 18.9 Å². The van der Waals surface area contributed by atoms with E-state index in [1.165, 1.54) is 12.1 Å². The van der Waals surface area contributed by atoms with Crippen LogP contribution in [0.25, 0.3) is 0 Å². The summed E-state index contributed by atoms with van der Waals surface area (Å²) in [4.78, 5) is 10.6. The highest BCUT2D eigenvalue weighted by Crippen LogP contribution is 2.05. The molecule has 0 spiro atoms. The van der Waals surface area contributed by atoms with Gasteiger partial charge in [-0.05, 0) is 30.7 Å². The van der Waals surface area contributed by atoms with E-state index in [1.807, 2.05) is 13.0 Å². The molecule has 76 valence electrons. The first-order valence-corrected chi connectivity index (χ1v) is 4.69. The monoisotopic (exact) mass is 195 g/mol. The fourth-order valence-electron chi connectivity index (χ4n) is 1.35. The van der Waals surface area contributed by atoms with Gasteiger partial charge in [-0.3, -0.25) is 0 Å². The Bertz CT molecular complexity index is 301. The maximum atomic E-state index is 12.8. The summed E-state index contributed by atoms with van der Waals surface area (Å²) in [6, 6.07) is 6.09. The molecular weight excluding hydrogens is 181 g/mol. The van der Waals surface area contributed by atoms with Crippen LogP contribution in [0.2, 0.25) is 0 Å². The van der Waals surface area contributed by atoms with E-state index >= 15 is 0 Å². The third kappa shape index (κ3) is 3.26. The molecule has 0 aromatic heterocycles. The van der Waals surface area contributed by atoms with Crippen molar-refractivity contribution in [2.45, 2.75) is 19.4 Å². The van der Waals surface area contributed by atoms with E-state index in [0.29, 0.717) is 6.42 Å². The van der Waals surface area contributed by atoms with E-state index in [1.54, 1.807) is 6.07 Å². The number of benzene rings is 1. The molecule has 0 bridgehead atoms. The molecule has 0 saturated heterocycles. The van der Waals surface area contributed by atoms with Crippen LogP contribution in [0.4, 0.5) is 4.39 Å². The number of hydrogen-bond acceptors (Lipinski definition) is 2. The van der Waals surface area contributed by atoms with Gasteiger partial charge in [0.05, 0.1) is 6.04 Å². The maximum Gasteiger partial charge on any atom is 0.137 e. The van der Waals surface area contributed by atoms with Crippen molar-refractivity contribution in [1.82, 2.24) is 5.32 Å². The normalized spacial score (nSPS) is 12.4. The van der Waals surface area contributed by atoms with Crippen LogP contribution < -0.4 is 5.32 Å². The summed E-state index contributed by atoms with van der Waals surface area (Å²) in [5, 5.41) is 3.01. The second kappa shape index (κ2) is 5.50. The average molecular weight is 195 g/mol. The lowest BCUT2D eigenvalue weighted by molar-refractivity contribution is -0.109. The second-order valence-electron chi connectivity index (χ2n) is 3.13. The molecule has 0 heterocycles. The van der Waals surface area contributed by atoms with Crippen molar-refractivity contribution in [3.63, 3.8) is 0 Å². The molecule has 0 aliphatic carbocycles. The minimum absolute atomic E-state index is 0.221. The Labute approximate surface area is 83.1 Å². The molecule has 0 amide bonds. The minimum Gasteiger partial charge on any atom is -0.308 e. The summed E-state index contributed by atoms with van der Waals surface area (Å²) < 4.78 is 12.8. The minimum atomic E-state index is -0.261. The van der Waals surface area contributed by atoms with E-state index in [-0.39, 0.29) is 11.9 Å². The van der Waals surface area contributed by atoms with Crippen molar-refractivity contribution in [3.8, 4) is 0 Å². The summed E-state index contributed by atoms with van der Waals surface area (Å²) in [5.74, 6) is -0.261. The predicted octanol–water partition coefficient (Wildman–Crippen LogP) is 1.55. The molecule has 2 nitrogen and oxygen atoms in total. The lowest BCUT2D eigenvalue weighted by Gasteiger charge is -2.10. The molecule has 0 aliphatic rings. The largest absolute Gasteiger partial charge is 0.308 e. The van der Waals surface area contributed by atoms with Gasteiger partial charge in [-0.1, -0.05) is 19.1 Å². The van der Waals surface area contributed by atoms with E-state index < -0.39 is 0 Å². The van der Waals surface area contributed by atoms with Gasteiger partial charge in [-0.2, -0.15) is 0 Å². The quantitative estimate of drug-likeness (QED) is 0.722. The number of likely N-dealkylation sites (N-methyl/N-ethyl adjacent to an activating group) is 1. The Morgan fingerprint density at radius 2 is 2.36 bits per heavy atom. The van der Waals surface area contributed by atoms with Gasteiger partial charge in [0.15, 0.2) is 0 Å². The third-order valence-corrected chi connectivity index (χ3v) is 1.98. The highest BCUT2D eigenvalue weighted by atomic mass is 19.1. The number of rotatable bonds is 5. The first-order chi connectivity index (χ1) is 6.76. The molecule has 1 aromatic rings. The summed E-state index contributed by atoms with van der Waals surface area (Å²) in [5.41, 5.74) is 0.836. The molecular formula is C11H14FNO. The van der Waals surface area contributed by atoms with Crippen molar-refractivity contribution in [3.05, 3.63) is 35.6 Å². The zero-order chi connectivity index (χ0) is 10.4. The van der Waals surface area contributed by atoms with Crippen LogP contribution in [0, 0.1) is 5.82 Å². The summed E-state index contributed by atoms with van der Waals surface area (Å²) in [6.07, 6.45) is 1.39. The first-order valence-electron chi connectivity index (χ1n) is 4.69. The van der Waals surface area contributed by atoms with Gasteiger partial charge in [-0.15, -0.1) is 0 Å². The number of nitrogens with one attached hydrogen (secondary N) is 1. The van der Waals surface area contributed by atoms with Crippen LogP contribution in [0.3, 0.4) is 0 Å². The zero-order valence-electron chi connectivity index (χ0n) is 8.16. The van der Waals surface area contributed by atoms with E-state index in [2.05, 4.69) is 5.32 Å². The topological polar surface area (TPSA) is 29.1 Å². The van der Waals surface area contributed by atoms with Crippen LogP contribution in [-0.2, 0) is 11.2 Å². The van der Waals surface area contributed by atoms with Gasteiger partial charge in [0.25, 0.3) is 0 Å². The molecule has 3 heteroatoms. The number of aldehydes is 1. The SMILES string of the molecule is CCNC(C=O)Cc1cccc(F)c1. The Morgan fingerprint density at radius 1 is 1.57 bits per heavy atom. The Kier molecular flexibility index (Phi) is 4.26. The summed E-state index contributed by atoms with van der Waals surface area (Å²) in [7, 11) is 0. The standard InChI is InChI=1S/C11H14FNO/c1-2-13-11(8-14)7-9-4-3-5-10(12)6-9/h3-6,8,11,13H,2,7H2,1H3. The lowest BCUT2D eigenvalue weighted by Crippen LogP contribution is -2.32. The van der Waals surface area contributed by atoms with Gasteiger partial charge in [0.2, 0.25) is 0 Å². The molecule has 0 radical (unpaired) electrons. The van der Waals surface area contributed by atoms with Crippen molar-refractivity contribution in [2.24, 2.45) is 0 Å². The van der Waals surface area contributed by atoms with Crippen molar-refractivity contribution in [2.75, 3.05) is 6.54 Å². The fourth-order valence-corrected chi connectivity index (χ4v) is 1.35. The van der Waals surface area contributed by atoms with Crippen LogP contribution in [0.5, 0.6) is 0 Å². The van der Waals surface area contributed by atoms with Crippen LogP contribution >= 0.6 is 0 Å². The number of hydrogen-bond donors (Lipinski definition) is 1. The fraction of sp³-hybridized carbons (Fsp3) is 0.364. The summed E-state index contributed by atoms with van der Waals surface area (Å²) in [6.45, 7) is 2.67. The molecule has 1 rings (SSSR count). The molecule has 1 atom stereocenters. The molecule has 1 unspecified atom stereocenters. The summed E-state index contributed by atoms with van der Waals surface area (Å²) >= 11 is 0. The molecule has 1 aromatic carbocycles. The van der Waals surface area contributed by atoms with E-state index in [0.717, 1.165) is 18.4 Å². The van der Waals surface area contributed by atoms with Gasteiger partial charge in [0.1, 0.15) is 12.1 Å². The van der Waals surface area contributed by atoms with Crippen LogP contribution in [0.15, 0.2) is 24.3 Å². The van der Waals surface area contributed by atoms with E-state index in [4.69, 9.17) is 0 Å². The van der Waals surface area contributed by atoms with Crippen molar-refractivity contribution >= 4 is 6.29 Å². The Hall–Kier alpha value is -1.22. The molecule has 14 heavy (non-hydrogen) atoms. The second-order valence-corrected chi connectivity index (χ2v) is 3.13. The maximum absolute atomic E-state index is 12.8. The van der Waals surface area contributed by atoms with Gasteiger partial charge in [0, 0.05) is 0 Å². The molecule has 0 fully saturated rings. The number of carbonyl (C=O) groups excluding carboxylic acids is 1. The van der Waals surface area contributed by atoms with Gasteiger partial charge >= 0.3 is 0 Å². The average Bonchev–Trinajstić information content (AvgIpc) is 2.17. The predicted molar refractivity (Wildman–Crippen MR) is 53.6 cm³/mol. The Morgan fingerprint density at radius 3 is 2.93 bits per heavy atom. The van der Waals surface area contributed by atoms with Crippen molar-refractivity contribution < 1.29 is 9.18 Å². The van der Waals surface area contributed by atoms with Crippen LogP contribution in [0.1, 0.15) is 12.5 Å². The number of carbonyl (C=O) groups is 1. The highest BCUT2D eigenvalue weighted by molar-refractivity contribution is 5.58. The smallest absolute Gasteiger partial charge is 0.137 e. The van der Waals surface area contributed by atoms with Gasteiger partial charge in [-0.25, -0.2) is 4.39 Å². The Balaban J connectivity index is 2.62. The molecule has 0 aliphatic heterocycles. The molecule has 0 saturated carbocycles. The highest BCUT2D eigenvalue weighted by Gasteiger charge is 2.06. The third-order valence-electron chi connectivity index (χ3n) is 1.98. The van der Waals surface area contributed by atoms with Gasteiger partial charge < -0.3 is 10.1 Å². The lowest BCUT2D eigenvalue weighted by atomic mass is 10.1. The zero-order valence-corrected chi connectivity index (χ0v) is 8.16. The van der Waals surface area contributed by atoms with Crippen molar-refractivity contribution in [1.29, 1.82) is 0 Å². The number of halogens is 1. The molecule has 1 N–H and O–H groups in total. The first kappa shape index (κ1) is 10.9.